The number of esters is 1. The summed E-state index contributed by atoms with van der Waals surface area (Å²) >= 11 is 0. The van der Waals surface area contributed by atoms with E-state index in [1.807, 2.05) is 25.1 Å². The number of aromatic nitrogens is 1. The lowest BCUT2D eigenvalue weighted by molar-refractivity contribution is -0.151. The van der Waals surface area contributed by atoms with Gasteiger partial charge in [0, 0.05) is 47.9 Å². The fourth-order valence-corrected chi connectivity index (χ4v) is 6.68. The maximum absolute atomic E-state index is 14.0. The predicted molar refractivity (Wildman–Crippen MR) is 136 cm³/mol. The highest BCUT2D eigenvalue weighted by molar-refractivity contribution is 5.99. The first-order valence-electron chi connectivity index (χ1n) is 12.8. The molecular formula is C30H32F2N2O3. The van der Waals surface area contributed by atoms with E-state index in [4.69, 9.17) is 4.74 Å². The van der Waals surface area contributed by atoms with Gasteiger partial charge in [0.1, 0.15) is 17.2 Å². The highest BCUT2D eigenvalue weighted by Crippen LogP contribution is 2.59. The summed E-state index contributed by atoms with van der Waals surface area (Å²) in [6.45, 7) is 6.77. The zero-order chi connectivity index (χ0) is 26.5. The Labute approximate surface area is 216 Å². The summed E-state index contributed by atoms with van der Waals surface area (Å²) in [4.78, 5) is 28.8. The van der Waals surface area contributed by atoms with E-state index in [-0.39, 0.29) is 23.7 Å². The van der Waals surface area contributed by atoms with Crippen LogP contribution in [-0.2, 0) is 22.5 Å². The van der Waals surface area contributed by atoms with Crippen LogP contribution in [0.5, 0.6) is 0 Å². The van der Waals surface area contributed by atoms with Crippen LogP contribution in [0, 0.1) is 17.6 Å². The summed E-state index contributed by atoms with van der Waals surface area (Å²) in [6, 6.07) is 14.7. The SMILES string of the molecule is CCCc1cc2c(n1Cc1cc(F)cc(F)c1)C(C)[C@@H]1CN(C(=O)c3ccccc3)[C@@](C)(C(=O)OC)[C@H]21. The minimum absolute atomic E-state index is 0.00735. The molecule has 1 amide bonds. The number of rotatable bonds is 6. The first-order valence-corrected chi connectivity index (χ1v) is 12.8. The Balaban J connectivity index is 1.62. The first kappa shape index (κ1) is 25.2. The number of fused-ring (bicyclic) bond motifs is 3. The molecule has 1 aliphatic carbocycles. The number of aryl methyl sites for hydroxylation is 1. The number of nitrogens with zero attached hydrogens (tertiary/aromatic N) is 2. The Bertz CT molecular complexity index is 1330. The molecule has 5 nitrogen and oxygen atoms in total. The molecule has 0 saturated carbocycles. The van der Waals surface area contributed by atoms with Crippen molar-refractivity contribution in [1.29, 1.82) is 0 Å². The molecule has 37 heavy (non-hydrogen) atoms. The predicted octanol–water partition coefficient (Wildman–Crippen LogP) is 5.67. The number of hydrogen-bond donors (Lipinski definition) is 0. The van der Waals surface area contributed by atoms with Gasteiger partial charge in [0.15, 0.2) is 0 Å². The molecule has 0 radical (unpaired) electrons. The van der Waals surface area contributed by atoms with Crippen molar-refractivity contribution in [3.63, 3.8) is 0 Å². The van der Waals surface area contributed by atoms with E-state index in [9.17, 15) is 18.4 Å². The third-order valence-electron chi connectivity index (χ3n) is 8.29. The maximum Gasteiger partial charge on any atom is 0.332 e. The second-order valence-corrected chi connectivity index (χ2v) is 10.4. The van der Waals surface area contributed by atoms with Gasteiger partial charge in [0.05, 0.1) is 7.11 Å². The van der Waals surface area contributed by atoms with Crippen LogP contribution in [0.3, 0.4) is 0 Å². The standard InChI is InChI=1S/C30H32F2N2O3/c1-5-9-23-15-24-26-25(18(2)27(24)33(23)16-19-12-21(31)14-22(32)13-19)17-34(30(26,3)29(36)37-4)28(35)20-10-7-6-8-11-20/h6-8,10-15,18,25-26H,5,9,16-17H2,1-4H3/t18?,25-,26+,30+/m0/s1. The van der Waals surface area contributed by atoms with Crippen molar-refractivity contribution in [1.82, 2.24) is 9.47 Å². The summed E-state index contributed by atoms with van der Waals surface area (Å²) in [7, 11) is 1.36. The van der Waals surface area contributed by atoms with Crippen LogP contribution in [0.15, 0.2) is 54.6 Å². The zero-order valence-electron chi connectivity index (χ0n) is 21.6. The molecule has 1 fully saturated rings. The summed E-state index contributed by atoms with van der Waals surface area (Å²) in [5.41, 5.74) is 3.05. The topological polar surface area (TPSA) is 51.5 Å². The van der Waals surface area contributed by atoms with Gasteiger partial charge in [0.25, 0.3) is 5.91 Å². The molecule has 0 bridgehead atoms. The second-order valence-electron chi connectivity index (χ2n) is 10.4. The summed E-state index contributed by atoms with van der Waals surface area (Å²) in [5.74, 6) is -2.06. The van der Waals surface area contributed by atoms with Crippen LogP contribution in [0.25, 0.3) is 0 Å². The Hall–Kier alpha value is -3.48. The van der Waals surface area contributed by atoms with E-state index in [2.05, 4.69) is 24.5 Å². The molecule has 0 spiro atoms. The van der Waals surface area contributed by atoms with Gasteiger partial charge in [-0.05, 0) is 60.7 Å². The minimum Gasteiger partial charge on any atom is -0.467 e. The summed E-state index contributed by atoms with van der Waals surface area (Å²) < 4.78 is 35.4. The lowest BCUT2D eigenvalue weighted by atomic mass is 9.78. The van der Waals surface area contributed by atoms with Gasteiger partial charge >= 0.3 is 5.97 Å². The molecule has 2 aromatic carbocycles. The number of benzene rings is 2. The van der Waals surface area contributed by atoms with Crippen LogP contribution >= 0.6 is 0 Å². The van der Waals surface area contributed by atoms with Crippen molar-refractivity contribution in [3.05, 3.63) is 94.3 Å². The minimum atomic E-state index is -1.19. The van der Waals surface area contributed by atoms with E-state index in [0.29, 0.717) is 24.2 Å². The third-order valence-corrected chi connectivity index (χ3v) is 8.29. The molecule has 1 unspecified atom stereocenters. The fourth-order valence-electron chi connectivity index (χ4n) is 6.68. The van der Waals surface area contributed by atoms with Gasteiger partial charge < -0.3 is 14.2 Å². The number of carbonyl (C=O) groups excluding carboxylic acids is 2. The average Bonchev–Trinajstić information content (AvgIpc) is 3.47. The monoisotopic (exact) mass is 506 g/mol. The Kier molecular flexibility index (Phi) is 6.42. The Morgan fingerprint density at radius 1 is 1.08 bits per heavy atom. The van der Waals surface area contributed by atoms with E-state index in [1.165, 1.54) is 19.2 Å². The molecular weight excluding hydrogens is 474 g/mol. The fraction of sp³-hybridized carbons (Fsp3) is 0.400. The van der Waals surface area contributed by atoms with Crippen LogP contribution in [0.2, 0.25) is 0 Å². The molecule has 1 aromatic heterocycles. The zero-order valence-corrected chi connectivity index (χ0v) is 21.6. The third kappa shape index (κ3) is 3.95. The number of ether oxygens (including phenoxy) is 1. The van der Waals surface area contributed by atoms with Crippen molar-refractivity contribution in [2.75, 3.05) is 13.7 Å². The molecule has 5 rings (SSSR count). The van der Waals surface area contributed by atoms with Gasteiger partial charge in [-0.3, -0.25) is 4.79 Å². The van der Waals surface area contributed by atoms with Crippen LogP contribution in [-0.4, -0.2) is 40.5 Å². The Morgan fingerprint density at radius 2 is 1.76 bits per heavy atom. The number of carbonyl (C=O) groups is 2. The summed E-state index contributed by atoms with van der Waals surface area (Å²) in [5, 5.41) is 0. The molecule has 1 aliphatic heterocycles. The van der Waals surface area contributed by atoms with E-state index >= 15 is 0 Å². The largest absolute Gasteiger partial charge is 0.467 e. The van der Waals surface area contributed by atoms with Crippen molar-refractivity contribution >= 4 is 11.9 Å². The lowest BCUT2D eigenvalue weighted by Crippen LogP contribution is -2.54. The number of hydrogen-bond acceptors (Lipinski definition) is 3. The van der Waals surface area contributed by atoms with Crippen molar-refractivity contribution in [2.45, 2.75) is 57.5 Å². The normalized spacial score (nSPS) is 24.2. The maximum atomic E-state index is 14.0. The molecule has 0 N–H and O–H groups in total. The number of likely N-dealkylation sites (tertiary alicyclic amines) is 1. The highest BCUT2D eigenvalue weighted by atomic mass is 19.1. The Morgan fingerprint density at radius 3 is 2.38 bits per heavy atom. The molecule has 194 valence electrons. The molecule has 1 saturated heterocycles. The van der Waals surface area contributed by atoms with E-state index in [1.54, 1.807) is 17.0 Å². The van der Waals surface area contributed by atoms with Gasteiger partial charge in [-0.1, -0.05) is 38.5 Å². The van der Waals surface area contributed by atoms with Gasteiger partial charge in [-0.25, -0.2) is 13.6 Å². The quantitative estimate of drug-likeness (QED) is 0.405. The van der Waals surface area contributed by atoms with E-state index < -0.39 is 23.1 Å². The van der Waals surface area contributed by atoms with Crippen molar-refractivity contribution in [3.8, 4) is 0 Å². The number of methoxy groups -OCH3 is 1. The van der Waals surface area contributed by atoms with Crippen LogP contribution in [0.4, 0.5) is 8.78 Å². The van der Waals surface area contributed by atoms with Gasteiger partial charge in [-0.15, -0.1) is 0 Å². The smallest absolute Gasteiger partial charge is 0.332 e. The highest BCUT2D eigenvalue weighted by Gasteiger charge is 2.63. The van der Waals surface area contributed by atoms with Gasteiger partial charge in [-0.2, -0.15) is 0 Å². The molecule has 4 atom stereocenters. The molecule has 2 heterocycles. The second kappa shape index (κ2) is 9.43. The molecule has 2 aliphatic rings. The van der Waals surface area contributed by atoms with Gasteiger partial charge in [0.2, 0.25) is 0 Å². The molecule has 3 aromatic rings. The van der Waals surface area contributed by atoms with Crippen LogP contribution < -0.4 is 0 Å². The van der Waals surface area contributed by atoms with Crippen molar-refractivity contribution < 1.29 is 23.1 Å². The van der Waals surface area contributed by atoms with Crippen molar-refractivity contribution in [2.24, 2.45) is 5.92 Å². The number of halogens is 2. The van der Waals surface area contributed by atoms with E-state index in [0.717, 1.165) is 35.9 Å². The van der Waals surface area contributed by atoms with Crippen LogP contribution in [0.1, 0.15) is 71.9 Å². The average molecular weight is 507 g/mol. The number of amides is 1. The molecule has 7 heteroatoms. The first-order chi connectivity index (χ1) is 17.7. The summed E-state index contributed by atoms with van der Waals surface area (Å²) in [6.07, 6.45) is 1.69. The lowest BCUT2D eigenvalue weighted by Gasteiger charge is -2.36.